The maximum Gasteiger partial charge on any atom is 0.334 e. The standard InChI is InChI=1S/C14H16O2/c1-10(2)13-12(9-16-14(13)15)8-11-6-4-3-5-7-11/h3-7,10H,8-9H2,1-2H3. The zero-order valence-electron chi connectivity index (χ0n) is 9.69. The van der Waals surface area contributed by atoms with E-state index in [-0.39, 0.29) is 11.9 Å². The fourth-order valence-electron chi connectivity index (χ4n) is 2.08. The molecule has 0 amide bonds. The van der Waals surface area contributed by atoms with Crippen molar-refractivity contribution in [1.82, 2.24) is 0 Å². The molecule has 1 aliphatic heterocycles. The van der Waals surface area contributed by atoms with Crippen molar-refractivity contribution in [3.8, 4) is 0 Å². The van der Waals surface area contributed by atoms with Gasteiger partial charge in [0, 0.05) is 5.57 Å². The number of cyclic esters (lactones) is 1. The number of carbonyl (C=O) groups excluding carboxylic acids is 1. The topological polar surface area (TPSA) is 26.3 Å². The van der Waals surface area contributed by atoms with Gasteiger partial charge >= 0.3 is 5.97 Å². The third kappa shape index (κ3) is 2.16. The van der Waals surface area contributed by atoms with Crippen molar-refractivity contribution in [2.45, 2.75) is 20.3 Å². The van der Waals surface area contributed by atoms with Crippen LogP contribution >= 0.6 is 0 Å². The van der Waals surface area contributed by atoms with Crippen molar-refractivity contribution in [3.05, 3.63) is 47.0 Å². The number of hydrogen-bond donors (Lipinski definition) is 0. The maximum atomic E-state index is 11.5. The van der Waals surface area contributed by atoms with Crippen LogP contribution in [0.15, 0.2) is 41.5 Å². The predicted octanol–water partition coefficient (Wildman–Crippen LogP) is 2.74. The van der Waals surface area contributed by atoms with Gasteiger partial charge in [-0.15, -0.1) is 0 Å². The second-order valence-electron chi connectivity index (χ2n) is 4.41. The van der Waals surface area contributed by atoms with Gasteiger partial charge in [-0.2, -0.15) is 0 Å². The Morgan fingerprint density at radius 2 is 1.94 bits per heavy atom. The van der Waals surface area contributed by atoms with E-state index in [1.165, 1.54) is 5.56 Å². The Bertz CT molecular complexity index is 416. The molecule has 0 spiro atoms. The van der Waals surface area contributed by atoms with Gasteiger partial charge in [0.1, 0.15) is 6.61 Å². The molecule has 0 unspecified atom stereocenters. The number of ether oxygens (including phenoxy) is 1. The van der Waals surface area contributed by atoms with E-state index in [1.807, 2.05) is 32.0 Å². The largest absolute Gasteiger partial charge is 0.458 e. The van der Waals surface area contributed by atoms with E-state index in [0.29, 0.717) is 6.61 Å². The lowest BCUT2D eigenvalue weighted by Crippen LogP contribution is -2.05. The molecule has 0 aliphatic carbocycles. The average molecular weight is 216 g/mol. The summed E-state index contributed by atoms with van der Waals surface area (Å²) < 4.78 is 5.10. The van der Waals surface area contributed by atoms with Crippen LogP contribution in [0, 0.1) is 5.92 Å². The third-order valence-corrected chi connectivity index (χ3v) is 2.82. The van der Waals surface area contributed by atoms with Gasteiger partial charge in [-0.05, 0) is 23.5 Å². The van der Waals surface area contributed by atoms with Crippen molar-refractivity contribution in [2.75, 3.05) is 6.61 Å². The van der Waals surface area contributed by atoms with Crippen LogP contribution in [0.3, 0.4) is 0 Å². The molecule has 1 aromatic rings. The van der Waals surface area contributed by atoms with Crippen LogP contribution < -0.4 is 0 Å². The molecule has 0 saturated heterocycles. The van der Waals surface area contributed by atoms with Gasteiger partial charge in [-0.3, -0.25) is 0 Å². The Balaban J connectivity index is 2.24. The Morgan fingerprint density at radius 1 is 1.25 bits per heavy atom. The highest BCUT2D eigenvalue weighted by Gasteiger charge is 2.26. The van der Waals surface area contributed by atoms with Crippen molar-refractivity contribution in [3.63, 3.8) is 0 Å². The SMILES string of the molecule is CC(C)C1=C(Cc2ccccc2)COC1=O. The third-order valence-electron chi connectivity index (χ3n) is 2.82. The summed E-state index contributed by atoms with van der Waals surface area (Å²) in [6.07, 6.45) is 0.820. The zero-order valence-corrected chi connectivity index (χ0v) is 9.69. The second-order valence-corrected chi connectivity index (χ2v) is 4.41. The highest BCUT2D eigenvalue weighted by atomic mass is 16.5. The lowest BCUT2D eigenvalue weighted by molar-refractivity contribution is -0.136. The lowest BCUT2D eigenvalue weighted by atomic mass is 9.95. The molecule has 2 heteroatoms. The van der Waals surface area contributed by atoms with Gasteiger partial charge in [0.15, 0.2) is 0 Å². The monoisotopic (exact) mass is 216 g/mol. The molecule has 0 N–H and O–H groups in total. The minimum Gasteiger partial charge on any atom is -0.458 e. The summed E-state index contributed by atoms with van der Waals surface area (Å²) in [6.45, 7) is 4.53. The van der Waals surface area contributed by atoms with Gasteiger partial charge in [-0.25, -0.2) is 4.79 Å². The molecule has 0 bridgehead atoms. The van der Waals surface area contributed by atoms with Crippen LogP contribution in [0.4, 0.5) is 0 Å². The highest BCUT2D eigenvalue weighted by molar-refractivity contribution is 5.92. The molecular weight excluding hydrogens is 200 g/mol. The summed E-state index contributed by atoms with van der Waals surface area (Å²) in [5, 5.41) is 0. The first-order valence-electron chi connectivity index (χ1n) is 5.61. The summed E-state index contributed by atoms with van der Waals surface area (Å²) >= 11 is 0. The molecule has 0 fully saturated rings. The Morgan fingerprint density at radius 3 is 2.56 bits per heavy atom. The van der Waals surface area contributed by atoms with E-state index in [1.54, 1.807) is 0 Å². The number of benzene rings is 1. The highest BCUT2D eigenvalue weighted by Crippen LogP contribution is 2.25. The van der Waals surface area contributed by atoms with Crippen molar-refractivity contribution in [2.24, 2.45) is 5.92 Å². The Hall–Kier alpha value is -1.57. The molecule has 0 radical (unpaired) electrons. The van der Waals surface area contributed by atoms with E-state index in [2.05, 4.69) is 12.1 Å². The first kappa shape index (κ1) is 10.9. The molecular formula is C14H16O2. The minimum absolute atomic E-state index is 0.138. The lowest BCUT2D eigenvalue weighted by Gasteiger charge is -2.06. The van der Waals surface area contributed by atoms with E-state index >= 15 is 0 Å². The van der Waals surface area contributed by atoms with Gasteiger partial charge < -0.3 is 4.74 Å². The quantitative estimate of drug-likeness (QED) is 0.726. The molecule has 0 aromatic heterocycles. The first-order chi connectivity index (χ1) is 7.68. The molecule has 1 heterocycles. The summed E-state index contributed by atoms with van der Waals surface area (Å²) in [6, 6.07) is 10.2. The Labute approximate surface area is 95.9 Å². The summed E-state index contributed by atoms with van der Waals surface area (Å²) in [4.78, 5) is 11.5. The molecule has 2 rings (SSSR count). The fourth-order valence-corrected chi connectivity index (χ4v) is 2.08. The van der Waals surface area contributed by atoms with Gasteiger partial charge in [0.2, 0.25) is 0 Å². The van der Waals surface area contributed by atoms with Crippen molar-refractivity contribution < 1.29 is 9.53 Å². The zero-order chi connectivity index (χ0) is 11.5. The molecule has 1 aromatic carbocycles. The molecule has 2 nitrogen and oxygen atoms in total. The molecule has 0 saturated carbocycles. The van der Waals surface area contributed by atoms with E-state index in [9.17, 15) is 4.79 Å². The number of esters is 1. The number of rotatable bonds is 3. The molecule has 1 aliphatic rings. The molecule has 16 heavy (non-hydrogen) atoms. The van der Waals surface area contributed by atoms with E-state index in [4.69, 9.17) is 4.74 Å². The van der Waals surface area contributed by atoms with Gasteiger partial charge in [-0.1, -0.05) is 44.2 Å². The van der Waals surface area contributed by atoms with Gasteiger partial charge in [0.05, 0.1) is 0 Å². The van der Waals surface area contributed by atoms with Crippen LogP contribution in [0.5, 0.6) is 0 Å². The van der Waals surface area contributed by atoms with Crippen molar-refractivity contribution in [1.29, 1.82) is 0 Å². The average Bonchev–Trinajstić information content (AvgIpc) is 2.61. The molecule has 84 valence electrons. The van der Waals surface area contributed by atoms with Gasteiger partial charge in [0.25, 0.3) is 0 Å². The van der Waals surface area contributed by atoms with Crippen LogP contribution in [0.1, 0.15) is 19.4 Å². The van der Waals surface area contributed by atoms with Crippen molar-refractivity contribution >= 4 is 5.97 Å². The van der Waals surface area contributed by atoms with Crippen LogP contribution in [-0.4, -0.2) is 12.6 Å². The molecule has 0 atom stereocenters. The smallest absolute Gasteiger partial charge is 0.334 e. The van der Waals surface area contributed by atoms with Crippen LogP contribution in [-0.2, 0) is 16.0 Å². The van der Waals surface area contributed by atoms with E-state index < -0.39 is 0 Å². The summed E-state index contributed by atoms with van der Waals surface area (Å²) in [5.74, 6) is 0.106. The number of hydrogen-bond acceptors (Lipinski definition) is 2. The predicted molar refractivity (Wildman–Crippen MR) is 63.0 cm³/mol. The normalized spacial score (nSPS) is 15.8. The van der Waals surface area contributed by atoms with Crippen LogP contribution in [0.25, 0.3) is 0 Å². The first-order valence-corrected chi connectivity index (χ1v) is 5.61. The summed E-state index contributed by atoms with van der Waals surface area (Å²) in [5.41, 5.74) is 3.23. The Kier molecular flexibility index (Phi) is 3.09. The summed E-state index contributed by atoms with van der Waals surface area (Å²) in [7, 11) is 0. The second kappa shape index (κ2) is 4.52. The number of carbonyl (C=O) groups is 1. The van der Waals surface area contributed by atoms with E-state index in [0.717, 1.165) is 17.6 Å². The minimum atomic E-state index is -0.138. The van der Waals surface area contributed by atoms with Crippen LogP contribution in [0.2, 0.25) is 0 Å². The fraction of sp³-hybridized carbons (Fsp3) is 0.357. The maximum absolute atomic E-state index is 11.5.